The van der Waals surface area contributed by atoms with E-state index < -0.39 is 0 Å². The number of carbonyl (C=O) groups excluding carboxylic acids is 1. The molecule has 20 heavy (non-hydrogen) atoms. The highest BCUT2D eigenvalue weighted by Gasteiger charge is 2.12. The van der Waals surface area contributed by atoms with Gasteiger partial charge in [-0.3, -0.25) is 4.79 Å². The Bertz CT molecular complexity index is 662. The van der Waals surface area contributed by atoms with Gasteiger partial charge in [-0.2, -0.15) is 0 Å². The maximum Gasteiger partial charge on any atom is 0.257 e. The van der Waals surface area contributed by atoms with Crippen molar-refractivity contribution in [2.24, 2.45) is 0 Å². The first kappa shape index (κ1) is 14.7. The molecule has 1 amide bonds. The van der Waals surface area contributed by atoms with E-state index in [4.69, 9.17) is 22.1 Å². The average molecular weight is 356 g/mol. The molecule has 0 spiro atoms. The molecule has 0 aliphatic rings. The van der Waals surface area contributed by atoms with Crippen LogP contribution in [0.2, 0.25) is 5.02 Å². The minimum Gasteiger partial charge on any atom is -0.497 e. The van der Waals surface area contributed by atoms with E-state index in [1.54, 1.807) is 36.4 Å². The van der Waals surface area contributed by atoms with Crippen LogP contribution in [0.5, 0.6) is 5.75 Å². The number of nitrogens with one attached hydrogen (secondary N) is 1. The van der Waals surface area contributed by atoms with E-state index in [2.05, 4.69) is 21.2 Å². The van der Waals surface area contributed by atoms with Crippen molar-refractivity contribution in [2.45, 2.75) is 0 Å². The summed E-state index contributed by atoms with van der Waals surface area (Å²) in [6.07, 6.45) is 0. The Labute approximate surface area is 130 Å². The first-order chi connectivity index (χ1) is 9.51. The number of rotatable bonds is 3. The Morgan fingerprint density at radius 1 is 1.30 bits per heavy atom. The molecule has 6 heteroatoms. The number of methoxy groups -OCH3 is 1. The van der Waals surface area contributed by atoms with Gasteiger partial charge >= 0.3 is 0 Å². The van der Waals surface area contributed by atoms with Gasteiger partial charge in [0.25, 0.3) is 5.91 Å². The van der Waals surface area contributed by atoms with Crippen LogP contribution in [0.3, 0.4) is 0 Å². The lowest BCUT2D eigenvalue weighted by atomic mass is 10.1. The molecule has 0 aliphatic carbocycles. The zero-order valence-corrected chi connectivity index (χ0v) is 13.0. The third-order valence-electron chi connectivity index (χ3n) is 2.68. The maximum absolute atomic E-state index is 12.2. The second-order valence-electron chi connectivity index (χ2n) is 4.03. The molecule has 2 aromatic rings. The van der Waals surface area contributed by atoms with Gasteiger partial charge in [0.2, 0.25) is 0 Å². The third-order valence-corrected chi connectivity index (χ3v) is 3.61. The molecule has 3 N–H and O–H groups in total. The van der Waals surface area contributed by atoms with E-state index in [1.807, 2.05) is 0 Å². The van der Waals surface area contributed by atoms with E-state index in [0.29, 0.717) is 27.7 Å². The van der Waals surface area contributed by atoms with Crippen LogP contribution in [-0.4, -0.2) is 13.0 Å². The zero-order valence-electron chi connectivity index (χ0n) is 10.6. The molecule has 0 fully saturated rings. The van der Waals surface area contributed by atoms with Crippen molar-refractivity contribution >= 4 is 44.8 Å². The van der Waals surface area contributed by atoms with Crippen molar-refractivity contribution in [1.82, 2.24) is 0 Å². The molecule has 2 aromatic carbocycles. The SMILES string of the molecule is COc1ccc(C(=O)Nc2cc(Cl)ccc2Br)c(N)c1. The fraction of sp³-hybridized carbons (Fsp3) is 0.0714. The van der Waals surface area contributed by atoms with Crippen LogP contribution >= 0.6 is 27.5 Å². The van der Waals surface area contributed by atoms with Gasteiger partial charge in [-0.05, 0) is 46.3 Å². The first-order valence-electron chi connectivity index (χ1n) is 5.71. The van der Waals surface area contributed by atoms with Crippen LogP contribution in [0.1, 0.15) is 10.4 Å². The highest BCUT2D eigenvalue weighted by molar-refractivity contribution is 9.10. The molecule has 0 saturated carbocycles. The van der Waals surface area contributed by atoms with Crippen LogP contribution in [0, 0.1) is 0 Å². The number of amides is 1. The number of ether oxygens (including phenoxy) is 1. The highest BCUT2D eigenvalue weighted by Crippen LogP contribution is 2.27. The second kappa shape index (κ2) is 6.15. The number of anilines is 2. The summed E-state index contributed by atoms with van der Waals surface area (Å²) >= 11 is 9.25. The van der Waals surface area contributed by atoms with Crippen LogP contribution in [-0.2, 0) is 0 Å². The fourth-order valence-corrected chi connectivity index (χ4v) is 2.18. The van der Waals surface area contributed by atoms with Crippen molar-refractivity contribution in [3.63, 3.8) is 0 Å². The summed E-state index contributed by atoms with van der Waals surface area (Å²) in [6, 6.07) is 10.0. The third kappa shape index (κ3) is 3.23. The van der Waals surface area contributed by atoms with Crippen LogP contribution in [0.25, 0.3) is 0 Å². The molecule has 0 bridgehead atoms. The Kier molecular flexibility index (Phi) is 4.52. The standard InChI is InChI=1S/C14H12BrClN2O2/c1-20-9-3-4-10(12(17)7-9)14(19)18-13-6-8(16)2-5-11(13)15/h2-7H,17H2,1H3,(H,18,19). The molecule has 0 saturated heterocycles. The quantitative estimate of drug-likeness (QED) is 0.820. The topological polar surface area (TPSA) is 64.3 Å². The summed E-state index contributed by atoms with van der Waals surface area (Å²) < 4.78 is 5.78. The van der Waals surface area contributed by atoms with Crippen LogP contribution in [0.4, 0.5) is 11.4 Å². The molecule has 104 valence electrons. The smallest absolute Gasteiger partial charge is 0.257 e. The Morgan fingerprint density at radius 3 is 2.70 bits per heavy atom. The largest absolute Gasteiger partial charge is 0.497 e. The van der Waals surface area contributed by atoms with Gasteiger partial charge in [0, 0.05) is 21.2 Å². The van der Waals surface area contributed by atoms with E-state index in [-0.39, 0.29) is 5.91 Å². The summed E-state index contributed by atoms with van der Waals surface area (Å²) in [5.41, 5.74) is 7.14. The van der Waals surface area contributed by atoms with Gasteiger partial charge in [0.15, 0.2) is 0 Å². The summed E-state index contributed by atoms with van der Waals surface area (Å²) in [7, 11) is 1.54. The number of hydrogen-bond acceptors (Lipinski definition) is 3. The van der Waals surface area contributed by atoms with Crippen molar-refractivity contribution in [3.05, 3.63) is 51.5 Å². The molecule has 0 unspecified atom stereocenters. The Balaban J connectivity index is 2.26. The first-order valence-corrected chi connectivity index (χ1v) is 6.88. The summed E-state index contributed by atoms with van der Waals surface area (Å²) in [4.78, 5) is 12.2. The predicted molar refractivity (Wildman–Crippen MR) is 84.5 cm³/mol. The van der Waals surface area contributed by atoms with Crippen molar-refractivity contribution in [3.8, 4) is 5.75 Å². The van der Waals surface area contributed by atoms with E-state index in [9.17, 15) is 4.79 Å². The molecular formula is C14H12BrClN2O2. The summed E-state index contributed by atoms with van der Waals surface area (Å²) in [6.45, 7) is 0. The molecule has 0 radical (unpaired) electrons. The molecule has 4 nitrogen and oxygen atoms in total. The van der Waals surface area contributed by atoms with Crippen molar-refractivity contribution < 1.29 is 9.53 Å². The lowest BCUT2D eigenvalue weighted by Crippen LogP contribution is -2.14. The van der Waals surface area contributed by atoms with E-state index in [0.717, 1.165) is 4.47 Å². The highest BCUT2D eigenvalue weighted by atomic mass is 79.9. The van der Waals surface area contributed by atoms with Crippen LogP contribution < -0.4 is 15.8 Å². The predicted octanol–water partition coefficient (Wildman–Crippen LogP) is 3.95. The van der Waals surface area contributed by atoms with Gasteiger partial charge in [-0.15, -0.1) is 0 Å². The monoisotopic (exact) mass is 354 g/mol. The molecule has 0 atom stereocenters. The van der Waals surface area contributed by atoms with Gasteiger partial charge < -0.3 is 15.8 Å². The van der Waals surface area contributed by atoms with Gasteiger partial charge in [0.1, 0.15) is 5.75 Å². The summed E-state index contributed by atoms with van der Waals surface area (Å²) in [5.74, 6) is 0.288. The minimum atomic E-state index is -0.312. The molecule has 2 rings (SSSR count). The number of hydrogen-bond donors (Lipinski definition) is 2. The second-order valence-corrected chi connectivity index (χ2v) is 5.32. The summed E-state index contributed by atoms with van der Waals surface area (Å²) in [5, 5.41) is 3.29. The maximum atomic E-state index is 12.2. The Hall–Kier alpha value is -1.72. The number of nitrogen functional groups attached to an aromatic ring is 1. The fourth-order valence-electron chi connectivity index (χ4n) is 1.66. The number of carbonyl (C=O) groups is 1. The average Bonchev–Trinajstić information content (AvgIpc) is 2.42. The molecule has 0 aromatic heterocycles. The molecule has 0 aliphatic heterocycles. The van der Waals surface area contributed by atoms with Crippen molar-refractivity contribution in [1.29, 1.82) is 0 Å². The lowest BCUT2D eigenvalue weighted by Gasteiger charge is -2.10. The number of benzene rings is 2. The van der Waals surface area contributed by atoms with Crippen LogP contribution in [0.15, 0.2) is 40.9 Å². The number of nitrogens with two attached hydrogens (primary N) is 1. The van der Waals surface area contributed by atoms with E-state index >= 15 is 0 Å². The minimum absolute atomic E-state index is 0.312. The zero-order chi connectivity index (χ0) is 14.7. The molecular weight excluding hydrogens is 344 g/mol. The van der Waals surface area contributed by atoms with E-state index in [1.165, 1.54) is 7.11 Å². The van der Waals surface area contributed by atoms with Gasteiger partial charge in [-0.1, -0.05) is 11.6 Å². The Morgan fingerprint density at radius 2 is 2.05 bits per heavy atom. The normalized spacial score (nSPS) is 10.2. The van der Waals surface area contributed by atoms with Gasteiger partial charge in [0.05, 0.1) is 18.4 Å². The molecule has 0 heterocycles. The van der Waals surface area contributed by atoms with Crippen molar-refractivity contribution in [2.75, 3.05) is 18.2 Å². The van der Waals surface area contributed by atoms with Gasteiger partial charge in [-0.25, -0.2) is 0 Å². The number of halogens is 2. The lowest BCUT2D eigenvalue weighted by molar-refractivity contribution is 0.102.